The normalized spacial score (nSPS) is 16.1. The number of thioether (sulfide) groups is 1. The molecule has 1 aliphatic carbocycles. The third kappa shape index (κ3) is 2.48. The Hall–Kier alpha value is -1.34. The van der Waals surface area contributed by atoms with Crippen LogP contribution in [0.3, 0.4) is 0 Å². The van der Waals surface area contributed by atoms with Gasteiger partial charge in [0.25, 0.3) is 5.91 Å². The van der Waals surface area contributed by atoms with Crippen molar-refractivity contribution in [3.63, 3.8) is 0 Å². The monoisotopic (exact) mass is 322 g/mol. The Balaban J connectivity index is 1.88. The van der Waals surface area contributed by atoms with E-state index >= 15 is 0 Å². The molecule has 0 radical (unpaired) electrons. The minimum Gasteiger partial charge on any atom is -0.397 e. The molecule has 0 atom stereocenters. The highest BCUT2D eigenvalue weighted by Gasteiger charge is 2.42. The molecule has 5 nitrogen and oxygen atoms in total. The lowest BCUT2D eigenvalue weighted by Crippen LogP contribution is -2.31. The van der Waals surface area contributed by atoms with Crippen LogP contribution in [0.25, 0.3) is 10.2 Å². The number of nitrogens with two attached hydrogens (primary N) is 1. The standard InChI is InChI=1S/C14H18N4OS2/c1-7-8(2)17-18-13-9(7)10(15)11(21-13)12(19)16-6-14(20-3)4-5-14/h4-6,15H2,1-3H3,(H,16,19). The van der Waals surface area contributed by atoms with Crippen molar-refractivity contribution in [2.75, 3.05) is 18.5 Å². The summed E-state index contributed by atoms with van der Waals surface area (Å²) < 4.78 is 0.243. The van der Waals surface area contributed by atoms with Crippen molar-refractivity contribution in [2.24, 2.45) is 0 Å². The van der Waals surface area contributed by atoms with Crippen LogP contribution in [0.2, 0.25) is 0 Å². The number of nitrogens with one attached hydrogen (secondary N) is 1. The number of aromatic nitrogens is 2. The van der Waals surface area contributed by atoms with E-state index in [2.05, 4.69) is 21.8 Å². The number of nitrogen functional groups attached to an aromatic ring is 1. The molecule has 2 aromatic rings. The average Bonchev–Trinajstić information content (AvgIpc) is 3.18. The smallest absolute Gasteiger partial charge is 0.263 e. The highest BCUT2D eigenvalue weighted by Crippen LogP contribution is 2.46. The number of thiophene rings is 1. The largest absolute Gasteiger partial charge is 0.397 e. The first-order valence-electron chi connectivity index (χ1n) is 6.82. The summed E-state index contributed by atoms with van der Waals surface area (Å²) in [4.78, 5) is 13.7. The quantitative estimate of drug-likeness (QED) is 0.904. The van der Waals surface area contributed by atoms with Gasteiger partial charge < -0.3 is 11.1 Å². The fourth-order valence-corrected chi connectivity index (χ4v) is 4.07. The minimum atomic E-state index is -0.104. The molecular weight excluding hydrogens is 304 g/mol. The van der Waals surface area contributed by atoms with Crippen LogP contribution < -0.4 is 11.1 Å². The maximum atomic E-state index is 12.4. The van der Waals surface area contributed by atoms with Crippen LogP contribution >= 0.6 is 23.1 Å². The molecule has 0 spiro atoms. The number of hydrogen-bond acceptors (Lipinski definition) is 6. The second-order valence-corrected chi connectivity index (χ2v) is 7.78. The minimum absolute atomic E-state index is 0.104. The first-order chi connectivity index (χ1) is 9.97. The van der Waals surface area contributed by atoms with Gasteiger partial charge >= 0.3 is 0 Å². The van der Waals surface area contributed by atoms with Crippen LogP contribution in [-0.4, -0.2) is 33.7 Å². The van der Waals surface area contributed by atoms with E-state index in [1.165, 1.54) is 24.2 Å². The van der Waals surface area contributed by atoms with Gasteiger partial charge in [-0.25, -0.2) is 0 Å². The molecule has 3 rings (SSSR count). The summed E-state index contributed by atoms with van der Waals surface area (Å²) in [5, 5.41) is 12.1. The average molecular weight is 322 g/mol. The summed E-state index contributed by atoms with van der Waals surface area (Å²) in [6.07, 6.45) is 4.43. The molecule has 0 aromatic carbocycles. The number of aryl methyl sites for hydroxylation is 2. The van der Waals surface area contributed by atoms with Gasteiger partial charge in [-0.05, 0) is 38.5 Å². The predicted octanol–water partition coefficient (Wildman–Crippen LogP) is 2.52. The van der Waals surface area contributed by atoms with E-state index in [0.717, 1.165) is 21.5 Å². The zero-order valence-corrected chi connectivity index (χ0v) is 14.0. The first kappa shape index (κ1) is 14.6. The number of amides is 1. The Morgan fingerprint density at radius 2 is 2.14 bits per heavy atom. The lowest BCUT2D eigenvalue weighted by Gasteiger charge is -2.12. The predicted molar refractivity (Wildman–Crippen MR) is 89.1 cm³/mol. The van der Waals surface area contributed by atoms with Crippen LogP contribution in [0.15, 0.2) is 0 Å². The van der Waals surface area contributed by atoms with Gasteiger partial charge in [0.1, 0.15) is 9.71 Å². The number of nitrogens with zero attached hydrogens (tertiary/aromatic N) is 2. The molecule has 21 heavy (non-hydrogen) atoms. The SMILES string of the molecule is CSC1(CNC(=O)c2sc3nnc(C)c(C)c3c2N)CC1. The Morgan fingerprint density at radius 3 is 2.76 bits per heavy atom. The number of fused-ring (bicyclic) bond motifs is 1. The van der Waals surface area contributed by atoms with Crippen LogP contribution in [0.4, 0.5) is 5.69 Å². The van der Waals surface area contributed by atoms with Gasteiger partial charge in [-0.2, -0.15) is 16.9 Å². The van der Waals surface area contributed by atoms with Crippen molar-refractivity contribution in [3.8, 4) is 0 Å². The van der Waals surface area contributed by atoms with E-state index < -0.39 is 0 Å². The van der Waals surface area contributed by atoms with Crippen molar-refractivity contribution in [3.05, 3.63) is 16.1 Å². The number of carbonyl (C=O) groups is 1. The van der Waals surface area contributed by atoms with Gasteiger partial charge in [-0.1, -0.05) is 0 Å². The molecule has 1 fully saturated rings. The molecular formula is C14H18N4OS2. The molecule has 2 aromatic heterocycles. The Bertz CT molecular complexity index is 721. The van der Waals surface area contributed by atoms with Crippen molar-refractivity contribution >= 4 is 44.9 Å². The zero-order chi connectivity index (χ0) is 15.2. The van der Waals surface area contributed by atoms with Gasteiger partial charge in [0.15, 0.2) is 0 Å². The van der Waals surface area contributed by atoms with Gasteiger partial charge in [0, 0.05) is 16.7 Å². The third-order valence-electron chi connectivity index (χ3n) is 4.15. The second kappa shape index (κ2) is 5.14. The number of rotatable bonds is 4. The van der Waals surface area contributed by atoms with Crippen LogP contribution in [-0.2, 0) is 0 Å². The third-order valence-corrected chi connectivity index (χ3v) is 6.66. The van der Waals surface area contributed by atoms with Crippen LogP contribution in [0.1, 0.15) is 33.8 Å². The highest BCUT2D eigenvalue weighted by molar-refractivity contribution is 8.00. The van der Waals surface area contributed by atoms with Gasteiger partial charge in [-0.3, -0.25) is 4.79 Å². The Morgan fingerprint density at radius 1 is 1.43 bits per heavy atom. The summed E-state index contributed by atoms with van der Waals surface area (Å²) in [5.41, 5.74) is 8.54. The summed E-state index contributed by atoms with van der Waals surface area (Å²) in [5.74, 6) is -0.104. The molecule has 1 aliphatic rings. The lowest BCUT2D eigenvalue weighted by atomic mass is 10.1. The molecule has 3 N–H and O–H groups in total. The summed E-state index contributed by atoms with van der Waals surface area (Å²) in [6, 6.07) is 0. The van der Waals surface area contributed by atoms with Gasteiger partial charge in [0.05, 0.1) is 11.4 Å². The van der Waals surface area contributed by atoms with Crippen molar-refractivity contribution in [1.29, 1.82) is 0 Å². The molecule has 1 saturated carbocycles. The molecule has 0 unspecified atom stereocenters. The molecule has 0 aliphatic heterocycles. The van der Waals surface area contributed by atoms with E-state index in [9.17, 15) is 4.79 Å². The van der Waals surface area contributed by atoms with Crippen molar-refractivity contribution in [2.45, 2.75) is 31.4 Å². The lowest BCUT2D eigenvalue weighted by molar-refractivity contribution is 0.0958. The molecule has 1 amide bonds. The van der Waals surface area contributed by atoms with E-state index in [4.69, 9.17) is 5.73 Å². The Labute approximate surface area is 131 Å². The van der Waals surface area contributed by atoms with Gasteiger partial charge in [0.2, 0.25) is 0 Å². The molecule has 7 heteroatoms. The van der Waals surface area contributed by atoms with Crippen LogP contribution in [0.5, 0.6) is 0 Å². The first-order valence-corrected chi connectivity index (χ1v) is 8.87. The maximum absolute atomic E-state index is 12.4. The summed E-state index contributed by atoms with van der Waals surface area (Å²) >= 11 is 3.14. The Kier molecular flexibility index (Phi) is 3.57. The van der Waals surface area contributed by atoms with E-state index in [0.29, 0.717) is 17.1 Å². The molecule has 0 bridgehead atoms. The number of hydrogen-bond donors (Lipinski definition) is 2. The molecule has 112 valence electrons. The van der Waals surface area contributed by atoms with E-state index in [1.807, 2.05) is 25.6 Å². The zero-order valence-electron chi connectivity index (χ0n) is 12.3. The highest BCUT2D eigenvalue weighted by atomic mass is 32.2. The van der Waals surface area contributed by atoms with Gasteiger partial charge in [-0.15, -0.1) is 16.4 Å². The topological polar surface area (TPSA) is 80.9 Å². The number of anilines is 1. The second-order valence-electron chi connectivity index (χ2n) is 5.51. The summed E-state index contributed by atoms with van der Waals surface area (Å²) in [6.45, 7) is 4.56. The fraction of sp³-hybridized carbons (Fsp3) is 0.500. The van der Waals surface area contributed by atoms with Crippen molar-refractivity contribution < 1.29 is 4.79 Å². The number of carbonyl (C=O) groups excluding carboxylic acids is 1. The fourth-order valence-electron chi connectivity index (χ4n) is 2.32. The molecule has 2 heterocycles. The molecule has 0 saturated heterocycles. The maximum Gasteiger partial charge on any atom is 0.263 e. The summed E-state index contributed by atoms with van der Waals surface area (Å²) in [7, 11) is 0. The van der Waals surface area contributed by atoms with E-state index in [-0.39, 0.29) is 10.7 Å². The van der Waals surface area contributed by atoms with Crippen molar-refractivity contribution in [1.82, 2.24) is 15.5 Å². The van der Waals surface area contributed by atoms with Crippen LogP contribution in [0, 0.1) is 13.8 Å². The van der Waals surface area contributed by atoms with E-state index in [1.54, 1.807) is 0 Å².